The molecule has 0 aliphatic carbocycles. The van der Waals surface area contributed by atoms with Gasteiger partial charge in [-0.2, -0.15) is 0 Å². The summed E-state index contributed by atoms with van der Waals surface area (Å²) >= 11 is 3.16. The Hall–Kier alpha value is -0.900. The molecule has 1 aromatic rings. The molecule has 2 nitrogen and oxygen atoms in total. The minimum Gasteiger partial charge on any atom is -0.338 e. The molecule has 18 heavy (non-hydrogen) atoms. The van der Waals surface area contributed by atoms with Gasteiger partial charge in [0.1, 0.15) is 5.82 Å². The number of piperidine rings is 1. The predicted octanol–water partition coefficient (Wildman–Crippen LogP) is 3.85. The van der Waals surface area contributed by atoms with E-state index in [1.165, 1.54) is 12.5 Å². The van der Waals surface area contributed by atoms with E-state index in [9.17, 15) is 9.18 Å². The molecular formula is C14H17BrFNO. The molecule has 98 valence electrons. The number of amides is 1. The molecule has 0 aromatic heterocycles. The molecule has 1 atom stereocenters. The molecule has 1 heterocycles. The molecule has 0 spiro atoms. The summed E-state index contributed by atoms with van der Waals surface area (Å²) in [5, 5.41) is 0. The largest absolute Gasteiger partial charge is 0.338 e. The third-order valence-corrected chi connectivity index (χ3v) is 4.37. The summed E-state index contributed by atoms with van der Waals surface area (Å²) in [6.45, 7) is 3.72. The van der Waals surface area contributed by atoms with E-state index in [2.05, 4.69) is 22.9 Å². The van der Waals surface area contributed by atoms with E-state index in [-0.39, 0.29) is 16.2 Å². The lowest BCUT2D eigenvalue weighted by Crippen LogP contribution is -2.39. The summed E-state index contributed by atoms with van der Waals surface area (Å²) < 4.78 is 13.7. The summed E-state index contributed by atoms with van der Waals surface area (Å²) in [5.41, 5.74) is 0.423. The second-order valence-corrected chi connectivity index (χ2v) is 5.56. The van der Waals surface area contributed by atoms with Gasteiger partial charge in [0.25, 0.3) is 5.91 Å². The van der Waals surface area contributed by atoms with Gasteiger partial charge < -0.3 is 4.90 Å². The number of benzene rings is 1. The lowest BCUT2D eigenvalue weighted by atomic mass is 9.95. The van der Waals surface area contributed by atoms with E-state index in [1.807, 2.05) is 4.90 Å². The number of likely N-dealkylation sites (tertiary alicyclic amines) is 1. The van der Waals surface area contributed by atoms with Crippen molar-refractivity contribution in [1.29, 1.82) is 0 Å². The fourth-order valence-electron chi connectivity index (χ4n) is 2.42. The maximum atomic E-state index is 13.4. The molecule has 1 amide bonds. The van der Waals surface area contributed by atoms with Crippen LogP contribution in [0.2, 0.25) is 0 Å². The van der Waals surface area contributed by atoms with Crippen molar-refractivity contribution in [2.45, 2.75) is 26.2 Å². The first-order valence-electron chi connectivity index (χ1n) is 6.36. The lowest BCUT2D eigenvalue weighted by molar-refractivity contribution is 0.0669. The van der Waals surface area contributed by atoms with Crippen LogP contribution in [0.5, 0.6) is 0 Å². The Labute approximate surface area is 115 Å². The van der Waals surface area contributed by atoms with Gasteiger partial charge in [0.05, 0.1) is 10.0 Å². The van der Waals surface area contributed by atoms with E-state index in [4.69, 9.17) is 0 Å². The van der Waals surface area contributed by atoms with Gasteiger partial charge in [-0.15, -0.1) is 0 Å². The van der Waals surface area contributed by atoms with Crippen molar-refractivity contribution in [1.82, 2.24) is 4.90 Å². The van der Waals surface area contributed by atoms with Gasteiger partial charge in [-0.1, -0.05) is 19.4 Å². The van der Waals surface area contributed by atoms with Gasteiger partial charge in [-0.3, -0.25) is 4.79 Å². The normalized spacial score (nSPS) is 19.9. The maximum Gasteiger partial charge on any atom is 0.255 e. The highest BCUT2D eigenvalue weighted by molar-refractivity contribution is 9.10. The lowest BCUT2D eigenvalue weighted by Gasteiger charge is -2.32. The molecule has 0 N–H and O–H groups in total. The van der Waals surface area contributed by atoms with Crippen LogP contribution in [-0.2, 0) is 0 Å². The molecule has 1 saturated heterocycles. The molecule has 1 unspecified atom stereocenters. The van der Waals surface area contributed by atoms with Gasteiger partial charge in [0.15, 0.2) is 0 Å². The highest BCUT2D eigenvalue weighted by Gasteiger charge is 2.25. The second-order valence-electron chi connectivity index (χ2n) is 4.77. The number of hydrogen-bond acceptors (Lipinski definition) is 1. The number of carbonyl (C=O) groups is 1. The summed E-state index contributed by atoms with van der Waals surface area (Å²) in [6.07, 6.45) is 3.32. The topological polar surface area (TPSA) is 20.3 Å². The van der Waals surface area contributed by atoms with Crippen LogP contribution in [-0.4, -0.2) is 23.9 Å². The van der Waals surface area contributed by atoms with Crippen LogP contribution in [0.15, 0.2) is 22.7 Å². The zero-order valence-corrected chi connectivity index (χ0v) is 12.0. The molecule has 2 rings (SSSR count). The first kappa shape index (κ1) is 13.5. The molecule has 1 aliphatic rings. The Kier molecular flexibility index (Phi) is 4.38. The number of nitrogens with zero attached hydrogens (tertiary/aromatic N) is 1. The molecular weight excluding hydrogens is 297 g/mol. The third-order valence-electron chi connectivity index (χ3n) is 3.57. The van der Waals surface area contributed by atoms with Crippen molar-refractivity contribution in [3.05, 3.63) is 34.1 Å². The van der Waals surface area contributed by atoms with Gasteiger partial charge in [-0.05, 0) is 46.8 Å². The number of halogens is 2. The van der Waals surface area contributed by atoms with E-state index >= 15 is 0 Å². The van der Waals surface area contributed by atoms with Crippen LogP contribution in [0.4, 0.5) is 4.39 Å². The van der Waals surface area contributed by atoms with E-state index < -0.39 is 0 Å². The summed E-state index contributed by atoms with van der Waals surface area (Å²) in [4.78, 5) is 14.2. The van der Waals surface area contributed by atoms with Crippen LogP contribution in [0, 0.1) is 11.7 Å². The van der Waals surface area contributed by atoms with E-state index in [0.29, 0.717) is 11.5 Å². The van der Waals surface area contributed by atoms with Crippen molar-refractivity contribution >= 4 is 21.8 Å². The zero-order valence-electron chi connectivity index (χ0n) is 10.5. The smallest absolute Gasteiger partial charge is 0.255 e. The zero-order chi connectivity index (χ0) is 13.1. The predicted molar refractivity (Wildman–Crippen MR) is 73.0 cm³/mol. The van der Waals surface area contributed by atoms with E-state index in [0.717, 1.165) is 25.9 Å². The van der Waals surface area contributed by atoms with Gasteiger partial charge in [0, 0.05) is 13.1 Å². The Morgan fingerprint density at radius 2 is 2.33 bits per heavy atom. The van der Waals surface area contributed by atoms with Gasteiger partial charge >= 0.3 is 0 Å². The Morgan fingerprint density at radius 1 is 1.56 bits per heavy atom. The van der Waals surface area contributed by atoms with Crippen LogP contribution < -0.4 is 0 Å². The second kappa shape index (κ2) is 5.83. The van der Waals surface area contributed by atoms with Crippen LogP contribution in [0.25, 0.3) is 0 Å². The maximum absolute atomic E-state index is 13.4. The fourth-order valence-corrected chi connectivity index (χ4v) is 2.86. The SMILES string of the molecule is CCC1CCCN(C(=O)c2cccc(F)c2Br)C1. The molecule has 1 aromatic carbocycles. The number of hydrogen-bond donors (Lipinski definition) is 0. The summed E-state index contributed by atoms with van der Waals surface area (Å²) in [7, 11) is 0. The molecule has 1 aliphatic heterocycles. The monoisotopic (exact) mass is 313 g/mol. The van der Waals surface area contributed by atoms with Gasteiger partial charge in [0.2, 0.25) is 0 Å². The quantitative estimate of drug-likeness (QED) is 0.812. The summed E-state index contributed by atoms with van der Waals surface area (Å²) in [5.74, 6) is 0.125. The fraction of sp³-hybridized carbons (Fsp3) is 0.500. The van der Waals surface area contributed by atoms with Crippen molar-refractivity contribution in [3.8, 4) is 0 Å². The number of rotatable bonds is 2. The standard InChI is InChI=1S/C14H17BrFNO/c1-2-10-5-4-8-17(9-10)14(18)11-6-3-7-12(16)13(11)15/h3,6-7,10H,2,4-5,8-9H2,1H3. The Bertz CT molecular complexity index is 449. The highest BCUT2D eigenvalue weighted by atomic mass is 79.9. The third kappa shape index (κ3) is 2.74. The molecule has 4 heteroatoms. The van der Waals surface area contributed by atoms with Gasteiger partial charge in [-0.25, -0.2) is 4.39 Å². The average Bonchev–Trinajstić information content (AvgIpc) is 2.41. The van der Waals surface area contributed by atoms with E-state index in [1.54, 1.807) is 12.1 Å². The van der Waals surface area contributed by atoms with Crippen molar-refractivity contribution in [2.24, 2.45) is 5.92 Å². The Balaban J connectivity index is 2.18. The van der Waals surface area contributed by atoms with Crippen molar-refractivity contribution in [2.75, 3.05) is 13.1 Å². The highest BCUT2D eigenvalue weighted by Crippen LogP contribution is 2.25. The molecule has 0 saturated carbocycles. The first-order valence-corrected chi connectivity index (χ1v) is 7.16. The van der Waals surface area contributed by atoms with Crippen LogP contribution >= 0.6 is 15.9 Å². The molecule has 0 radical (unpaired) electrons. The first-order chi connectivity index (χ1) is 8.63. The minimum absolute atomic E-state index is 0.0699. The molecule has 1 fully saturated rings. The van der Waals surface area contributed by atoms with Crippen LogP contribution in [0.3, 0.4) is 0 Å². The average molecular weight is 314 g/mol. The molecule has 0 bridgehead atoms. The summed E-state index contributed by atoms with van der Waals surface area (Å²) in [6, 6.07) is 4.60. The Morgan fingerprint density at radius 3 is 3.06 bits per heavy atom. The number of carbonyl (C=O) groups excluding carboxylic acids is 1. The minimum atomic E-state index is -0.384. The van der Waals surface area contributed by atoms with Crippen molar-refractivity contribution in [3.63, 3.8) is 0 Å². The van der Waals surface area contributed by atoms with Crippen LogP contribution in [0.1, 0.15) is 36.5 Å². The van der Waals surface area contributed by atoms with Crippen molar-refractivity contribution < 1.29 is 9.18 Å².